The molecule has 0 atom stereocenters. The van der Waals surface area contributed by atoms with Crippen molar-refractivity contribution in [1.29, 1.82) is 0 Å². The minimum atomic E-state index is -0.484. The van der Waals surface area contributed by atoms with Gasteiger partial charge in [0.05, 0.1) is 11.6 Å². The first-order valence-electron chi connectivity index (χ1n) is 10.1. The molecule has 0 radical (unpaired) electrons. The number of amides is 1. The van der Waals surface area contributed by atoms with E-state index in [4.69, 9.17) is 27.8 Å². The van der Waals surface area contributed by atoms with Gasteiger partial charge >= 0.3 is 5.97 Å². The number of unbranched alkanes of at least 4 members (excludes halogenated alkanes) is 1. The molecule has 0 aliphatic carbocycles. The molecule has 0 saturated heterocycles. The summed E-state index contributed by atoms with van der Waals surface area (Å²) in [5.41, 5.74) is 11.9. The monoisotopic (exact) mass is 453 g/mol. The number of halogens is 1. The van der Waals surface area contributed by atoms with Gasteiger partial charge in [0.2, 0.25) is 0 Å². The van der Waals surface area contributed by atoms with Crippen molar-refractivity contribution in [3.8, 4) is 0 Å². The number of nitrogens with two attached hydrogens (primary N) is 2. The molecule has 0 aliphatic rings. The lowest BCUT2D eigenvalue weighted by molar-refractivity contribution is -0.142. The van der Waals surface area contributed by atoms with E-state index in [1.165, 1.54) is 11.1 Å². The molecule has 32 heavy (non-hydrogen) atoms. The maximum atomic E-state index is 13.5. The number of esters is 1. The predicted molar refractivity (Wildman–Crippen MR) is 126 cm³/mol. The van der Waals surface area contributed by atoms with Gasteiger partial charge in [-0.2, -0.15) is 4.99 Å². The Balaban J connectivity index is 2.00. The van der Waals surface area contributed by atoms with E-state index in [2.05, 4.69) is 9.98 Å². The summed E-state index contributed by atoms with van der Waals surface area (Å²) in [5.74, 6) is -0.800. The highest BCUT2D eigenvalue weighted by atomic mass is 35.5. The van der Waals surface area contributed by atoms with E-state index < -0.39 is 5.97 Å². The second kappa shape index (κ2) is 10.6. The minimum absolute atomic E-state index is 0.168. The van der Waals surface area contributed by atoms with Crippen molar-refractivity contribution in [2.75, 3.05) is 18.1 Å². The van der Waals surface area contributed by atoms with E-state index in [-0.39, 0.29) is 24.2 Å². The normalized spacial score (nSPS) is 10.6. The molecule has 1 heterocycles. The van der Waals surface area contributed by atoms with Gasteiger partial charge in [0.1, 0.15) is 6.54 Å². The van der Waals surface area contributed by atoms with Crippen LogP contribution in [0.5, 0.6) is 0 Å². The fraction of sp³-hybridized carbons (Fsp3) is 0.217. The summed E-state index contributed by atoms with van der Waals surface area (Å²) in [6.45, 7) is 2.10. The molecule has 3 aromatic rings. The van der Waals surface area contributed by atoms with E-state index >= 15 is 0 Å². The molecule has 0 aliphatic heterocycles. The fourth-order valence-corrected chi connectivity index (χ4v) is 3.30. The number of para-hydroxylation sites is 1. The van der Waals surface area contributed by atoms with Gasteiger partial charge in [-0.3, -0.25) is 14.5 Å². The molecular weight excluding hydrogens is 430 g/mol. The molecule has 166 valence electrons. The maximum Gasteiger partial charge on any atom is 0.326 e. The van der Waals surface area contributed by atoms with E-state index in [1.54, 1.807) is 42.5 Å². The highest BCUT2D eigenvalue weighted by molar-refractivity contribution is 6.35. The van der Waals surface area contributed by atoms with Gasteiger partial charge in [0.15, 0.2) is 11.8 Å². The van der Waals surface area contributed by atoms with Crippen LogP contribution in [0.2, 0.25) is 5.02 Å². The van der Waals surface area contributed by atoms with Crippen LogP contribution in [-0.2, 0) is 9.53 Å². The molecule has 3 rings (SSSR count). The first kappa shape index (κ1) is 23.0. The molecule has 1 aromatic heterocycles. The van der Waals surface area contributed by atoms with Crippen LogP contribution < -0.4 is 16.4 Å². The quantitative estimate of drug-likeness (QED) is 0.231. The summed E-state index contributed by atoms with van der Waals surface area (Å²) in [7, 11) is 0. The van der Waals surface area contributed by atoms with Crippen molar-refractivity contribution in [3.63, 3.8) is 0 Å². The number of rotatable bonds is 8. The zero-order valence-corrected chi connectivity index (χ0v) is 18.4. The molecule has 9 heteroatoms. The molecule has 0 spiro atoms. The van der Waals surface area contributed by atoms with Crippen molar-refractivity contribution in [3.05, 3.63) is 65.3 Å². The average Bonchev–Trinajstić information content (AvgIpc) is 2.79. The standard InChI is InChI=1S/C23H24ClN5O3/c1-2-3-11-32-20(30)14-29(16-7-5-4-6-8-16)22(31)15-9-10-17-18(12-15)21(28-23(25)26)27-13-19(17)24/h4-10,12-13H,2-3,11,14H2,1H3,(H4,25,26,27,28). The number of hydrogen-bond acceptors (Lipinski definition) is 5. The molecule has 4 N–H and O–H groups in total. The second-order valence-corrected chi connectivity index (χ2v) is 7.43. The highest BCUT2D eigenvalue weighted by Crippen LogP contribution is 2.31. The lowest BCUT2D eigenvalue weighted by Gasteiger charge is -2.22. The summed E-state index contributed by atoms with van der Waals surface area (Å²) in [4.78, 5) is 35.4. The van der Waals surface area contributed by atoms with Crippen LogP contribution in [0.15, 0.2) is 59.7 Å². The van der Waals surface area contributed by atoms with Gasteiger partial charge < -0.3 is 16.2 Å². The third kappa shape index (κ3) is 5.53. The van der Waals surface area contributed by atoms with Crippen LogP contribution in [0.1, 0.15) is 30.1 Å². The van der Waals surface area contributed by atoms with Crippen LogP contribution in [0.4, 0.5) is 11.5 Å². The van der Waals surface area contributed by atoms with Crippen LogP contribution in [0, 0.1) is 0 Å². The molecular formula is C23H24ClN5O3. The number of hydrogen-bond donors (Lipinski definition) is 2. The van der Waals surface area contributed by atoms with Gasteiger partial charge in [-0.25, -0.2) is 4.98 Å². The van der Waals surface area contributed by atoms with Crippen molar-refractivity contribution in [2.45, 2.75) is 19.8 Å². The first-order chi connectivity index (χ1) is 15.4. The highest BCUT2D eigenvalue weighted by Gasteiger charge is 2.22. The summed E-state index contributed by atoms with van der Waals surface area (Å²) in [6, 6.07) is 13.9. The van der Waals surface area contributed by atoms with E-state index in [0.29, 0.717) is 33.7 Å². The zero-order valence-electron chi connectivity index (χ0n) is 17.6. The number of ether oxygens (including phenoxy) is 1. The number of fused-ring (bicyclic) bond motifs is 1. The Morgan fingerprint density at radius 3 is 2.56 bits per heavy atom. The Morgan fingerprint density at radius 1 is 1.12 bits per heavy atom. The number of pyridine rings is 1. The van der Waals surface area contributed by atoms with Crippen LogP contribution >= 0.6 is 11.6 Å². The van der Waals surface area contributed by atoms with Gasteiger partial charge in [-0.05, 0) is 30.7 Å². The first-order valence-corrected chi connectivity index (χ1v) is 10.5. The van der Waals surface area contributed by atoms with Gasteiger partial charge in [-0.15, -0.1) is 0 Å². The summed E-state index contributed by atoms with van der Waals surface area (Å²) in [6.07, 6.45) is 3.10. The number of nitrogens with zero attached hydrogens (tertiary/aromatic N) is 3. The molecule has 2 aromatic carbocycles. The summed E-state index contributed by atoms with van der Waals surface area (Å²) in [5, 5.41) is 1.55. The van der Waals surface area contributed by atoms with E-state index in [1.807, 2.05) is 13.0 Å². The Morgan fingerprint density at radius 2 is 1.88 bits per heavy atom. The lowest BCUT2D eigenvalue weighted by Crippen LogP contribution is -2.36. The zero-order chi connectivity index (χ0) is 23.1. The average molecular weight is 454 g/mol. The molecule has 0 fully saturated rings. The maximum absolute atomic E-state index is 13.5. The number of aliphatic imine (C=N–C) groups is 1. The molecule has 1 amide bonds. The number of carbonyl (C=O) groups excluding carboxylic acids is 2. The molecule has 0 bridgehead atoms. The third-order valence-electron chi connectivity index (χ3n) is 4.66. The van der Waals surface area contributed by atoms with Gasteiger partial charge in [-0.1, -0.05) is 49.2 Å². The topological polar surface area (TPSA) is 124 Å². The number of carbonyl (C=O) groups is 2. The molecule has 0 saturated carbocycles. The Hall–Kier alpha value is -3.65. The van der Waals surface area contributed by atoms with Gasteiger partial charge in [0.25, 0.3) is 5.91 Å². The Kier molecular flexibility index (Phi) is 7.62. The van der Waals surface area contributed by atoms with Crippen molar-refractivity contribution in [1.82, 2.24) is 4.98 Å². The Labute approximate surface area is 190 Å². The van der Waals surface area contributed by atoms with Crippen LogP contribution in [0.25, 0.3) is 10.8 Å². The van der Waals surface area contributed by atoms with E-state index in [9.17, 15) is 9.59 Å². The molecule has 0 unspecified atom stereocenters. The smallest absolute Gasteiger partial charge is 0.326 e. The van der Waals surface area contributed by atoms with Crippen molar-refractivity contribution >= 4 is 51.7 Å². The van der Waals surface area contributed by atoms with Gasteiger partial charge in [0, 0.05) is 28.2 Å². The number of anilines is 1. The summed E-state index contributed by atoms with van der Waals surface area (Å²) >= 11 is 6.26. The van der Waals surface area contributed by atoms with Crippen LogP contribution in [0.3, 0.4) is 0 Å². The van der Waals surface area contributed by atoms with Crippen molar-refractivity contribution < 1.29 is 14.3 Å². The number of benzene rings is 2. The minimum Gasteiger partial charge on any atom is -0.464 e. The number of aromatic nitrogens is 1. The SMILES string of the molecule is CCCCOC(=O)CN(C(=O)c1ccc2c(Cl)cnc(N=C(N)N)c2c1)c1ccccc1. The largest absolute Gasteiger partial charge is 0.464 e. The third-order valence-corrected chi connectivity index (χ3v) is 4.96. The fourth-order valence-electron chi connectivity index (χ4n) is 3.09. The van der Waals surface area contributed by atoms with E-state index in [0.717, 1.165) is 12.8 Å². The van der Waals surface area contributed by atoms with Crippen molar-refractivity contribution in [2.24, 2.45) is 16.5 Å². The van der Waals surface area contributed by atoms with Crippen LogP contribution in [-0.4, -0.2) is 36.0 Å². The second-order valence-electron chi connectivity index (χ2n) is 7.03. The Bertz CT molecular complexity index is 1150. The predicted octanol–water partition coefficient (Wildman–Crippen LogP) is 3.78. The number of guanidine groups is 1. The summed E-state index contributed by atoms with van der Waals surface area (Å²) < 4.78 is 5.26. The lowest BCUT2D eigenvalue weighted by atomic mass is 10.1. The molecule has 8 nitrogen and oxygen atoms in total.